The summed E-state index contributed by atoms with van der Waals surface area (Å²) in [5.41, 5.74) is 1.65. The molecule has 8 nitrogen and oxygen atoms in total. The fraction of sp³-hybridized carbons (Fsp3) is 0.130. The second kappa shape index (κ2) is 9.43. The van der Waals surface area contributed by atoms with Gasteiger partial charge in [-0.15, -0.1) is 11.3 Å². The Hall–Kier alpha value is -3.69. The minimum Gasteiger partial charge on any atom is -0.497 e. The van der Waals surface area contributed by atoms with Crippen molar-refractivity contribution in [3.8, 4) is 28.4 Å². The molecule has 0 radical (unpaired) electrons. The Balaban J connectivity index is 1.64. The lowest BCUT2D eigenvalue weighted by Crippen LogP contribution is -2.27. The Morgan fingerprint density at radius 1 is 1.12 bits per heavy atom. The van der Waals surface area contributed by atoms with Crippen LogP contribution in [0, 0.1) is 6.92 Å². The molecule has 33 heavy (non-hydrogen) atoms. The van der Waals surface area contributed by atoms with Gasteiger partial charge in [0.15, 0.2) is 10.8 Å². The van der Waals surface area contributed by atoms with E-state index in [1.54, 1.807) is 69.0 Å². The van der Waals surface area contributed by atoms with Crippen molar-refractivity contribution in [3.05, 3.63) is 80.5 Å². The van der Waals surface area contributed by atoms with Crippen molar-refractivity contribution >= 4 is 34.0 Å². The molecule has 2 heterocycles. The first-order valence-corrected chi connectivity index (χ1v) is 11.0. The minimum atomic E-state index is -0.667. The number of aromatic nitrogens is 3. The highest BCUT2D eigenvalue weighted by atomic mass is 35.5. The molecule has 0 aliphatic rings. The molecule has 2 aromatic carbocycles. The van der Waals surface area contributed by atoms with E-state index in [9.17, 15) is 9.59 Å². The van der Waals surface area contributed by atoms with Crippen molar-refractivity contribution in [3.63, 3.8) is 0 Å². The van der Waals surface area contributed by atoms with Crippen LogP contribution in [0.2, 0.25) is 5.02 Å². The highest BCUT2D eigenvalue weighted by molar-refractivity contribution is 7.14. The normalized spacial score (nSPS) is 10.7. The van der Waals surface area contributed by atoms with Crippen molar-refractivity contribution < 1.29 is 14.3 Å². The van der Waals surface area contributed by atoms with Crippen molar-refractivity contribution in [1.29, 1.82) is 0 Å². The van der Waals surface area contributed by atoms with E-state index in [2.05, 4.69) is 15.4 Å². The van der Waals surface area contributed by atoms with E-state index in [1.807, 2.05) is 0 Å². The van der Waals surface area contributed by atoms with Gasteiger partial charge in [0.05, 0.1) is 30.6 Å². The number of ether oxygens (including phenoxy) is 2. The van der Waals surface area contributed by atoms with Gasteiger partial charge in [-0.25, -0.2) is 9.67 Å². The number of hydrogen-bond acceptors (Lipinski definition) is 7. The van der Waals surface area contributed by atoms with Gasteiger partial charge in [-0.3, -0.25) is 14.9 Å². The standard InChI is InChI=1S/C23H19ClN4O4S/c1-13-10-19(29)21(27-28(13)18-7-5-4-6-16(18)24)22(30)26-23-25-17(12-33-23)15-11-14(31-2)8-9-20(15)32-3/h4-12H,1-3H3,(H,25,26,30). The summed E-state index contributed by atoms with van der Waals surface area (Å²) in [7, 11) is 3.13. The first-order chi connectivity index (χ1) is 15.9. The number of hydrogen-bond donors (Lipinski definition) is 1. The van der Waals surface area contributed by atoms with Crippen LogP contribution in [0.3, 0.4) is 0 Å². The van der Waals surface area contributed by atoms with Crippen LogP contribution < -0.4 is 20.2 Å². The van der Waals surface area contributed by atoms with E-state index < -0.39 is 11.3 Å². The maximum Gasteiger partial charge on any atom is 0.281 e. The van der Waals surface area contributed by atoms with Crippen LogP contribution in [-0.4, -0.2) is 34.9 Å². The number of amides is 1. The minimum absolute atomic E-state index is 0.267. The van der Waals surface area contributed by atoms with Crippen LogP contribution in [0.5, 0.6) is 11.5 Å². The van der Waals surface area contributed by atoms with Gasteiger partial charge in [0.25, 0.3) is 5.91 Å². The third-order valence-electron chi connectivity index (χ3n) is 4.81. The fourth-order valence-electron chi connectivity index (χ4n) is 3.20. The quantitative estimate of drug-likeness (QED) is 0.432. The predicted molar refractivity (Wildman–Crippen MR) is 128 cm³/mol. The molecule has 168 valence electrons. The van der Waals surface area contributed by atoms with Crippen molar-refractivity contribution in [2.45, 2.75) is 6.92 Å². The number of carbonyl (C=O) groups is 1. The number of methoxy groups -OCH3 is 2. The van der Waals surface area contributed by atoms with Gasteiger partial charge in [0, 0.05) is 22.7 Å². The third-order valence-corrected chi connectivity index (χ3v) is 5.89. The van der Waals surface area contributed by atoms with Gasteiger partial charge in [-0.2, -0.15) is 5.10 Å². The highest BCUT2D eigenvalue weighted by Crippen LogP contribution is 2.35. The average molecular weight is 483 g/mol. The molecule has 4 aromatic rings. The number of anilines is 1. The van der Waals surface area contributed by atoms with Crippen LogP contribution in [0.1, 0.15) is 16.2 Å². The summed E-state index contributed by atoms with van der Waals surface area (Å²) in [6, 6.07) is 13.7. The summed E-state index contributed by atoms with van der Waals surface area (Å²) in [6.07, 6.45) is 0. The third kappa shape index (κ3) is 4.59. The van der Waals surface area contributed by atoms with Crippen molar-refractivity contribution in [1.82, 2.24) is 14.8 Å². The molecule has 0 atom stereocenters. The first-order valence-electron chi connectivity index (χ1n) is 9.76. The van der Waals surface area contributed by atoms with Crippen molar-refractivity contribution in [2.24, 2.45) is 0 Å². The number of halogens is 1. The fourth-order valence-corrected chi connectivity index (χ4v) is 4.12. The Morgan fingerprint density at radius 2 is 1.91 bits per heavy atom. The number of thiazole rings is 1. The monoisotopic (exact) mass is 482 g/mol. The van der Waals surface area contributed by atoms with Gasteiger partial charge < -0.3 is 9.47 Å². The molecule has 2 aromatic heterocycles. The molecule has 0 unspecified atom stereocenters. The lowest BCUT2D eigenvalue weighted by atomic mass is 10.1. The summed E-state index contributed by atoms with van der Waals surface area (Å²) in [6.45, 7) is 1.72. The summed E-state index contributed by atoms with van der Waals surface area (Å²) in [5.74, 6) is 0.592. The van der Waals surface area contributed by atoms with Crippen LogP contribution in [0.15, 0.2) is 58.7 Å². The molecule has 0 saturated carbocycles. The first kappa shape index (κ1) is 22.5. The zero-order valence-corrected chi connectivity index (χ0v) is 19.5. The zero-order valence-electron chi connectivity index (χ0n) is 18.0. The Morgan fingerprint density at radius 3 is 2.64 bits per heavy atom. The molecule has 1 amide bonds. The van der Waals surface area contributed by atoms with E-state index in [0.29, 0.717) is 44.3 Å². The molecule has 0 bridgehead atoms. The van der Waals surface area contributed by atoms with E-state index >= 15 is 0 Å². The van der Waals surface area contributed by atoms with Crippen LogP contribution in [0.4, 0.5) is 5.13 Å². The summed E-state index contributed by atoms with van der Waals surface area (Å²) >= 11 is 7.49. The van der Waals surface area contributed by atoms with Gasteiger partial charge in [-0.05, 0) is 37.3 Å². The lowest BCUT2D eigenvalue weighted by Gasteiger charge is -2.12. The molecule has 0 aliphatic carbocycles. The molecule has 10 heteroatoms. The molecular weight excluding hydrogens is 464 g/mol. The van der Waals surface area contributed by atoms with Gasteiger partial charge in [0.2, 0.25) is 5.43 Å². The number of carbonyl (C=O) groups excluding carboxylic acids is 1. The SMILES string of the molecule is COc1ccc(OC)c(-c2csc(NC(=O)c3nn(-c4ccccc4Cl)c(C)cc3=O)n2)c1. The summed E-state index contributed by atoms with van der Waals surface area (Å²) in [5, 5.41) is 9.45. The highest BCUT2D eigenvalue weighted by Gasteiger charge is 2.19. The second-order valence-electron chi connectivity index (χ2n) is 6.92. The molecule has 0 saturated heterocycles. The Labute approximate surface area is 198 Å². The van der Waals surface area contributed by atoms with Gasteiger partial charge in [0.1, 0.15) is 11.5 Å². The smallest absolute Gasteiger partial charge is 0.281 e. The molecule has 1 N–H and O–H groups in total. The van der Waals surface area contributed by atoms with Gasteiger partial charge in [-0.1, -0.05) is 23.7 Å². The van der Waals surface area contributed by atoms with Crippen LogP contribution in [-0.2, 0) is 0 Å². The predicted octanol–water partition coefficient (Wildman–Crippen LogP) is 4.59. The van der Waals surface area contributed by atoms with Crippen molar-refractivity contribution in [2.75, 3.05) is 19.5 Å². The number of rotatable bonds is 6. The summed E-state index contributed by atoms with van der Waals surface area (Å²) < 4.78 is 12.2. The maximum atomic E-state index is 12.9. The zero-order chi connectivity index (χ0) is 23.5. The van der Waals surface area contributed by atoms with E-state index in [-0.39, 0.29) is 5.69 Å². The molecular formula is C23H19ClN4O4S. The molecule has 0 spiro atoms. The maximum absolute atomic E-state index is 12.9. The number of para-hydroxylation sites is 1. The Bertz CT molecular complexity index is 1400. The van der Waals surface area contributed by atoms with E-state index in [0.717, 1.165) is 0 Å². The molecule has 0 aliphatic heterocycles. The second-order valence-corrected chi connectivity index (χ2v) is 8.19. The summed E-state index contributed by atoms with van der Waals surface area (Å²) in [4.78, 5) is 29.9. The van der Waals surface area contributed by atoms with Crippen LogP contribution >= 0.6 is 22.9 Å². The number of nitrogens with zero attached hydrogens (tertiary/aromatic N) is 3. The van der Waals surface area contributed by atoms with E-state index in [4.69, 9.17) is 21.1 Å². The topological polar surface area (TPSA) is 95.3 Å². The number of benzene rings is 2. The largest absolute Gasteiger partial charge is 0.497 e. The van der Waals surface area contributed by atoms with Crippen LogP contribution in [0.25, 0.3) is 16.9 Å². The molecule has 0 fully saturated rings. The number of nitrogens with one attached hydrogen (secondary N) is 1. The lowest BCUT2D eigenvalue weighted by molar-refractivity contribution is 0.101. The number of aryl methyl sites for hydroxylation is 1. The average Bonchev–Trinajstić information content (AvgIpc) is 3.27. The molecule has 4 rings (SSSR count). The van der Waals surface area contributed by atoms with Gasteiger partial charge >= 0.3 is 0 Å². The Kier molecular flexibility index (Phi) is 6.43. The van der Waals surface area contributed by atoms with E-state index in [1.165, 1.54) is 22.1 Å².